The van der Waals surface area contributed by atoms with E-state index in [1.807, 2.05) is 20.8 Å². The van der Waals surface area contributed by atoms with Gasteiger partial charge in [-0.2, -0.15) is 0 Å². The number of halogens is 1. The summed E-state index contributed by atoms with van der Waals surface area (Å²) in [5, 5.41) is 3.29. The van der Waals surface area contributed by atoms with E-state index in [1.54, 1.807) is 6.07 Å². The molecule has 0 aliphatic carbocycles. The zero-order chi connectivity index (χ0) is 10.8. The van der Waals surface area contributed by atoms with Gasteiger partial charge in [0.05, 0.1) is 10.6 Å². The van der Waals surface area contributed by atoms with E-state index in [-0.39, 0.29) is 11.4 Å². The lowest BCUT2D eigenvalue weighted by Gasteiger charge is -2.20. The Labute approximate surface area is 88.5 Å². The van der Waals surface area contributed by atoms with Crippen LogP contribution < -0.4 is 5.32 Å². The van der Waals surface area contributed by atoms with E-state index in [0.29, 0.717) is 10.6 Å². The standard InChI is InChI=1S/C10H13ClN2O/c1-10(2,3)13-9(14)7-4-8(11)6-12-5-7/h4-6H,1-3H3,(H,13,14). The number of rotatable bonds is 1. The second kappa shape index (κ2) is 3.96. The second-order valence-electron chi connectivity index (χ2n) is 4.10. The molecule has 1 N–H and O–H groups in total. The van der Waals surface area contributed by atoms with Gasteiger partial charge in [-0.05, 0) is 26.8 Å². The van der Waals surface area contributed by atoms with Gasteiger partial charge in [0.2, 0.25) is 0 Å². The number of hydrogen-bond acceptors (Lipinski definition) is 2. The monoisotopic (exact) mass is 212 g/mol. The van der Waals surface area contributed by atoms with E-state index < -0.39 is 0 Å². The summed E-state index contributed by atoms with van der Waals surface area (Å²) in [4.78, 5) is 15.4. The first-order valence-electron chi connectivity index (χ1n) is 4.31. The molecule has 0 bridgehead atoms. The Kier molecular flexibility index (Phi) is 3.11. The molecular weight excluding hydrogens is 200 g/mol. The molecule has 0 fully saturated rings. The molecule has 0 radical (unpaired) electrons. The normalized spacial score (nSPS) is 11.1. The molecule has 1 heterocycles. The van der Waals surface area contributed by atoms with Gasteiger partial charge < -0.3 is 5.32 Å². The van der Waals surface area contributed by atoms with Crippen molar-refractivity contribution < 1.29 is 4.79 Å². The first kappa shape index (κ1) is 11.0. The first-order chi connectivity index (χ1) is 6.38. The van der Waals surface area contributed by atoms with Crippen LogP contribution in [0.2, 0.25) is 5.02 Å². The highest BCUT2D eigenvalue weighted by Gasteiger charge is 2.15. The number of aromatic nitrogens is 1. The van der Waals surface area contributed by atoms with Gasteiger partial charge in [-0.3, -0.25) is 9.78 Å². The fourth-order valence-corrected chi connectivity index (χ4v) is 1.12. The fraction of sp³-hybridized carbons (Fsp3) is 0.400. The highest BCUT2D eigenvalue weighted by Crippen LogP contribution is 2.09. The van der Waals surface area contributed by atoms with Gasteiger partial charge in [0, 0.05) is 17.9 Å². The number of hydrogen-bond donors (Lipinski definition) is 1. The molecule has 0 spiro atoms. The molecule has 1 amide bonds. The quantitative estimate of drug-likeness (QED) is 0.776. The van der Waals surface area contributed by atoms with Crippen LogP contribution in [0.1, 0.15) is 31.1 Å². The maximum absolute atomic E-state index is 11.6. The molecule has 0 aromatic carbocycles. The maximum atomic E-state index is 11.6. The highest BCUT2D eigenvalue weighted by atomic mass is 35.5. The SMILES string of the molecule is CC(C)(C)NC(=O)c1cncc(Cl)c1. The summed E-state index contributed by atoms with van der Waals surface area (Å²) in [5.41, 5.74) is 0.229. The maximum Gasteiger partial charge on any atom is 0.253 e. The Hall–Kier alpha value is -1.09. The lowest BCUT2D eigenvalue weighted by molar-refractivity contribution is 0.0919. The van der Waals surface area contributed by atoms with E-state index in [1.165, 1.54) is 12.4 Å². The fourth-order valence-electron chi connectivity index (χ4n) is 0.949. The molecule has 1 rings (SSSR count). The van der Waals surface area contributed by atoms with Crippen LogP contribution in [0.3, 0.4) is 0 Å². The Morgan fingerprint density at radius 3 is 2.57 bits per heavy atom. The molecule has 3 nitrogen and oxygen atoms in total. The molecular formula is C10H13ClN2O. The summed E-state index contributed by atoms with van der Waals surface area (Å²) in [5.74, 6) is -0.160. The van der Waals surface area contributed by atoms with Gasteiger partial charge in [0.15, 0.2) is 0 Å². The third-order valence-electron chi connectivity index (χ3n) is 1.46. The molecule has 4 heteroatoms. The van der Waals surface area contributed by atoms with E-state index in [0.717, 1.165) is 0 Å². The van der Waals surface area contributed by atoms with Crippen LogP contribution in [-0.4, -0.2) is 16.4 Å². The van der Waals surface area contributed by atoms with Crippen molar-refractivity contribution in [2.45, 2.75) is 26.3 Å². The zero-order valence-corrected chi connectivity index (χ0v) is 9.22. The Morgan fingerprint density at radius 2 is 2.07 bits per heavy atom. The van der Waals surface area contributed by atoms with Gasteiger partial charge in [-0.15, -0.1) is 0 Å². The third-order valence-corrected chi connectivity index (χ3v) is 1.66. The Balaban J connectivity index is 2.80. The molecule has 0 aliphatic heterocycles. The summed E-state index contributed by atoms with van der Waals surface area (Å²) in [6, 6.07) is 1.59. The van der Waals surface area contributed by atoms with Crippen molar-refractivity contribution in [3.63, 3.8) is 0 Å². The summed E-state index contributed by atoms with van der Waals surface area (Å²) in [6.07, 6.45) is 2.99. The van der Waals surface area contributed by atoms with Crippen molar-refractivity contribution in [3.05, 3.63) is 29.0 Å². The van der Waals surface area contributed by atoms with Crippen LogP contribution in [0.4, 0.5) is 0 Å². The highest BCUT2D eigenvalue weighted by molar-refractivity contribution is 6.30. The number of carbonyl (C=O) groups excluding carboxylic acids is 1. The lowest BCUT2D eigenvalue weighted by atomic mass is 10.1. The summed E-state index contributed by atoms with van der Waals surface area (Å²) < 4.78 is 0. The smallest absolute Gasteiger partial charge is 0.253 e. The van der Waals surface area contributed by atoms with Crippen LogP contribution in [0.25, 0.3) is 0 Å². The molecule has 0 saturated heterocycles. The lowest BCUT2D eigenvalue weighted by Crippen LogP contribution is -2.40. The molecule has 0 saturated carbocycles. The Morgan fingerprint density at radius 1 is 1.43 bits per heavy atom. The number of pyridine rings is 1. The summed E-state index contributed by atoms with van der Waals surface area (Å²) >= 11 is 5.72. The molecule has 1 aromatic rings. The average molecular weight is 213 g/mol. The van der Waals surface area contributed by atoms with Gasteiger partial charge in [0.1, 0.15) is 0 Å². The number of nitrogens with zero attached hydrogens (tertiary/aromatic N) is 1. The van der Waals surface area contributed by atoms with Crippen molar-refractivity contribution in [2.75, 3.05) is 0 Å². The molecule has 14 heavy (non-hydrogen) atoms. The van der Waals surface area contributed by atoms with Crippen molar-refractivity contribution in [3.8, 4) is 0 Å². The minimum absolute atomic E-state index is 0.160. The topological polar surface area (TPSA) is 42.0 Å². The molecule has 0 atom stereocenters. The summed E-state index contributed by atoms with van der Waals surface area (Å²) in [6.45, 7) is 5.76. The largest absolute Gasteiger partial charge is 0.347 e. The van der Waals surface area contributed by atoms with Gasteiger partial charge in [-0.1, -0.05) is 11.6 Å². The summed E-state index contributed by atoms with van der Waals surface area (Å²) in [7, 11) is 0. The number of carbonyl (C=O) groups is 1. The predicted molar refractivity (Wildman–Crippen MR) is 56.5 cm³/mol. The van der Waals surface area contributed by atoms with Crippen molar-refractivity contribution in [2.24, 2.45) is 0 Å². The second-order valence-corrected chi connectivity index (χ2v) is 4.53. The predicted octanol–water partition coefficient (Wildman–Crippen LogP) is 2.26. The van der Waals surface area contributed by atoms with E-state index >= 15 is 0 Å². The Bertz CT molecular complexity index is 344. The number of nitrogens with one attached hydrogen (secondary N) is 1. The van der Waals surface area contributed by atoms with E-state index in [9.17, 15) is 4.79 Å². The zero-order valence-electron chi connectivity index (χ0n) is 8.47. The average Bonchev–Trinajstić information content (AvgIpc) is 2.01. The molecule has 76 valence electrons. The van der Waals surface area contributed by atoms with Gasteiger partial charge >= 0.3 is 0 Å². The van der Waals surface area contributed by atoms with Gasteiger partial charge in [0.25, 0.3) is 5.91 Å². The number of amides is 1. The molecule has 0 unspecified atom stereocenters. The van der Waals surface area contributed by atoms with Crippen LogP contribution >= 0.6 is 11.6 Å². The van der Waals surface area contributed by atoms with E-state index in [4.69, 9.17) is 11.6 Å². The molecule has 0 aliphatic rings. The van der Waals surface area contributed by atoms with Crippen LogP contribution in [0, 0.1) is 0 Å². The third kappa shape index (κ3) is 3.34. The van der Waals surface area contributed by atoms with Crippen molar-refractivity contribution in [1.82, 2.24) is 10.3 Å². The van der Waals surface area contributed by atoms with Crippen molar-refractivity contribution >= 4 is 17.5 Å². The van der Waals surface area contributed by atoms with E-state index in [2.05, 4.69) is 10.3 Å². The van der Waals surface area contributed by atoms with Crippen LogP contribution in [-0.2, 0) is 0 Å². The minimum atomic E-state index is -0.251. The van der Waals surface area contributed by atoms with Crippen LogP contribution in [0.5, 0.6) is 0 Å². The first-order valence-corrected chi connectivity index (χ1v) is 4.69. The molecule has 1 aromatic heterocycles. The van der Waals surface area contributed by atoms with Crippen molar-refractivity contribution in [1.29, 1.82) is 0 Å². The van der Waals surface area contributed by atoms with Gasteiger partial charge in [-0.25, -0.2) is 0 Å². The minimum Gasteiger partial charge on any atom is -0.347 e. The van der Waals surface area contributed by atoms with Crippen LogP contribution in [0.15, 0.2) is 18.5 Å².